The number of hydrogen-bond acceptors (Lipinski definition) is 4. The fourth-order valence-corrected chi connectivity index (χ4v) is 2.76. The SMILES string of the molecule is Cc1ccc(/C=C/C(=O)n2c(=O)oc(=O)c3cc(I)ccc32)cc1. The van der Waals surface area contributed by atoms with Crippen LogP contribution in [0.25, 0.3) is 17.0 Å². The number of carbonyl (C=O) groups excluding carboxylic acids is 1. The minimum Gasteiger partial charge on any atom is -0.372 e. The summed E-state index contributed by atoms with van der Waals surface area (Å²) in [5, 5.41) is 0.193. The van der Waals surface area contributed by atoms with E-state index >= 15 is 0 Å². The van der Waals surface area contributed by atoms with Gasteiger partial charge in [0.05, 0.1) is 10.9 Å². The van der Waals surface area contributed by atoms with Crippen LogP contribution in [-0.4, -0.2) is 10.5 Å². The van der Waals surface area contributed by atoms with E-state index in [1.807, 2.05) is 53.8 Å². The summed E-state index contributed by atoms with van der Waals surface area (Å²) < 4.78 is 6.32. The van der Waals surface area contributed by atoms with Gasteiger partial charge in [0.1, 0.15) is 0 Å². The van der Waals surface area contributed by atoms with Crippen LogP contribution < -0.4 is 11.4 Å². The van der Waals surface area contributed by atoms with E-state index in [1.165, 1.54) is 6.08 Å². The Balaban J connectivity index is 2.08. The molecule has 0 aliphatic heterocycles. The maximum absolute atomic E-state index is 12.4. The van der Waals surface area contributed by atoms with Crippen molar-refractivity contribution in [3.63, 3.8) is 0 Å². The first-order valence-electron chi connectivity index (χ1n) is 7.10. The average Bonchev–Trinajstić information content (AvgIpc) is 2.55. The fraction of sp³-hybridized carbons (Fsp3) is 0.0556. The minimum absolute atomic E-state index is 0.193. The molecule has 0 aliphatic rings. The Labute approximate surface area is 150 Å². The van der Waals surface area contributed by atoms with Crippen LogP contribution in [0.4, 0.5) is 0 Å². The third kappa shape index (κ3) is 3.23. The lowest BCUT2D eigenvalue weighted by atomic mass is 10.1. The average molecular weight is 433 g/mol. The van der Waals surface area contributed by atoms with Gasteiger partial charge in [-0.3, -0.25) is 4.79 Å². The second-order valence-electron chi connectivity index (χ2n) is 5.23. The predicted molar refractivity (Wildman–Crippen MR) is 100 cm³/mol. The van der Waals surface area contributed by atoms with Crippen LogP contribution in [0.1, 0.15) is 15.9 Å². The van der Waals surface area contributed by atoms with Crippen molar-refractivity contribution < 1.29 is 9.21 Å². The molecule has 3 aromatic rings. The molecule has 2 aromatic carbocycles. The summed E-state index contributed by atoms with van der Waals surface area (Å²) in [6.07, 6.45) is 2.89. The molecule has 120 valence electrons. The van der Waals surface area contributed by atoms with Crippen LogP contribution >= 0.6 is 22.6 Å². The normalized spacial score (nSPS) is 11.2. The minimum atomic E-state index is -0.993. The largest absolute Gasteiger partial charge is 0.429 e. The van der Waals surface area contributed by atoms with Crippen molar-refractivity contribution in [1.29, 1.82) is 0 Å². The topological polar surface area (TPSA) is 69.3 Å². The Morgan fingerprint density at radius 2 is 1.83 bits per heavy atom. The lowest BCUT2D eigenvalue weighted by Crippen LogP contribution is -2.29. The van der Waals surface area contributed by atoms with Gasteiger partial charge in [-0.15, -0.1) is 0 Å². The molecule has 0 unspecified atom stereocenters. The summed E-state index contributed by atoms with van der Waals surface area (Å²) >= 11 is 2.04. The molecule has 0 spiro atoms. The number of benzene rings is 2. The van der Waals surface area contributed by atoms with Crippen molar-refractivity contribution in [2.45, 2.75) is 6.92 Å². The van der Waals surface area contributed by atoms with E-state index in [0.29, 0.717) is 0 Å². The molecule has 0 bridgehead atoms. The second kappa shape index (κ2) is 6.56. The van der Waals surface area contributed by atoms with Gasteiger partial charge in [0.15, 0.2) is 0 Å². The van der Waals surface area contributed by atoms with Crippen molar-refractivity contribution >= 4 is 45.5 Å². The molecule has 0 atom stereocenters. The number of halogens is 1. The van der Waals surface area contributed by atoms with Crippen LogP contribution in [-0.2, 0) is 0 Å². The molecule has 5 nitrogen and oxygen atoms in total. The van der Waals surface area contributed by atoms with Gasteiger partial charge in [0.25, 0.3) is 5.91 Å². The van der Waals surface area contributed by atoms with E-state index in [-0.39, 0.29) is 10.9 Å². The Morgan fingerprint density at radius 1 is 1.12 bits per heavy atom. The van der Waals surface area contributed by atoms with E-state index in [1.54, 1.807) is 24.3 Å². The van der Waals surface area contributed by atoms with E-state index < -0.39 is 17.3 Å². The van der Waals surface area contributed by atoms with Gasteiger partial charge in [0.2, 0.25) is 0 Å². The highest BCUT2D eigenvalue weighted by Gasteiger charge is 2.14. The number of fused-ring (bicyclic) bond motifs is 1. The summed E-state index contributed by atoms with van der Waals surface area (Å²) in [7, 11) is 0. The lowest BCUT2D eigenvalue weighted by molar-refractivity contribution is 0.0961. The zero-order valence-corrected chi connectivity index (χ0v) is 14.8. The molecular formula is C18H12INO4. The molecule has 3 rings (SSSR count). The summed E-state index contributed by atoms with van der Waals surface area (Å²) in [5.41, 5.74) is 1.42. The molecule has 0 fully saturated rings. The lowest BCUT2D eigenvalue weighted by Gasteiger charge is -2.05. The van der Waals surface area contributed by atoms with E-state index in [9.17, 15) is 14.4 Å². The Bertz CT molecular complexity index is 1070. The van der Waals surface area contributed by atoms with Crippen LogP contribution in [0.5, 0.6) is 0 Å². The zero-order valence-electron chi connectivity index (χ0n) is 12.7. The first kappa shape index (κ1) is 16.4. The monoisotopic (exact) mass is 433 g/mol. The molecule has 0 saturated heterocycles. The number of carbonyl (C=O) groups is 1. The van der Waals surface area contributed by atoms with Gasteiger partial charge in [0, 0.05) is 9.65 Å². The molecule has 24 heavy (non-hydrogen) atoms. The zero-order chi connectivity index (χ0) is 17.3. The standard InChI is InChI=1S/C18H12INO4/c1-11-2-4-12(5-3-11)6-9-16(21)20-15-8-7-13(19)10-14(15)17(22)24-18(20)23/h2-10H,1H3/b9-6+. The highest BCUT2D eigenvalue weighted by Crippen LogP contribution is 2.13. The Morgan fingerprint density at radius 3 is 2.54 bits per heavy atom. The predicted octanol–water partition coefficient (Wildman–Crippen LogP) is 3.22. The quantitative estimate of drug-likeness (QED) is 0.460. The van der Waals surface area contributed by atoms with Crippen LogP contribution in [0, 0.1) is 10.5 Å². The van der Waals surface area contributed by atoms with E-state index in [4.69, 9.17) is 0 Å². The summed E-state index contributed by atoms with van der Waals surface area (Å²) in [6.45, 7) is 1.97. The second-order valence-corrected chi connectivity index (χ2v) is 6.48. The molecule has 0 N–H and O–H groups in total. The van der Waals surface area contributed by atoms with Crippen molar-refractivity contribution in [2.24, 2.45) is 0 Å². The molecule has 0 amide bonds. The summed E-state index contributed by atoms with van der Waals surface area (Å²) in [4.78, 5) is 36.2. The first-order valence-corrected chi connectivity index (χ1v) is 8.18. The smallest absolute Gasteiger partial charge is 0.372 e. The van der Waals surface area contributed by atoms with Gasteiger partial charge in [-0.1, -0.05) is 29.8 Å². The third-order valence-electron chi connectivity index (χ3n) is 3.50. The Kier molecular flexibility index (Phi) is 4.48. The first-order chi connectivity index (χ1) is 11.5. The molecule has 0 saturated carbocycles. The number of nitrogens with zero attached hydrogens (tertiary/aromatic N) is 1. The van der Waals surface area contributed by atoms with Crippen molar-refractivity contribution in [3.05, 3.63) is 84.2 Å². The maximum atomic E-state index is 12.4. The van der Waals surface area contributed by atoms with E-state index in [0.717, 1.165) is 19.3 Å². The fourth-order valence-electron chi connectivity index (χ4n) is 2.27. The number of hydrogen-bond donors (Lipinski definition) is 0. The number of aryl methyl sites for hydroxylation is 1. The molecule has 0 radical (unpaired) electrons. The van der Waals surface area contributed by atoms with Crippen molar-refractivity contribution in [2.75, 3.05) is 0 Å². The molecular weight excluding hydrogens is 421 g/mol. The highest BCUT2D eigenvalue weighted by atomic mass is 127. The van der Waals surface area contributed by atoms with Crippen LogP contribution in [0.3, 0.4) is 0 Å². The summed E-state index contributed by atoms with van der Waals surface area (Å²) in [6, 6.07) is 12.4. The van der Waals surface area contributed by atoms with Crippen LogP contribution in [0.2, 0.25) is 0 Å². The molecule has 6 heteroatoms. The molecule has 1 heterocycles. The molecule has 0 aliphatic carbocycles. The Hall–Kier alpha value is -2.48. The summed E-state index contributed by atoms with van der Waals surface area (Å²) in [5.74, 6) is -1.57. The number of aromatic nitrogens is 1. The molecule has 1 aromatic heterocycles. The van der Waals surface area contributed by atoms with Gasteiger partial charge >= 0.3 is 11.4 Å². The van der Waals surface area contributed by atoms with Gasteiger partial charge < -0.3 is 4.42 Å². The van der Waals surface area contributed by atoms with E-state index in [2.05, 4.69) is 4.42 Å². The number of rotatable bonds is 2. The van der Waals surface area contributed by atoms with Crippen LogP contribution in [0.15, 0.2) is 62.5 Å². The third-order valence-corrected chi connectivity index (χ3v) is 4.17. The maximum Gasteiger partial charge on any atom is 0.429 e. The van der Waals surface area contributed by atoms with Gasteiger partial charge in [-0.2, -0.15) is 0 Å². The van der Waals surface area contributed by atoms with Crippen molar-refractivity contribution in [1.82, 2.24) is 4.57 Å². The number of allylic oxidation sites excluding steroid dienone is 1. The highest BCUT2D eigenvalue weighted by molar-refractivity contribution is 14.1. The van der Waals surface area contributed by atoms with Gasteiger partial charge in [-0.05, 0) is 59.4 Å². The van der Waals surface area contributed by atoms with Crippen molar-refractivity contribution in [3.8, 4) is 0 Å². The van der Waals surface area contributed by atoms with Gasteiger partial charge in [-0.25, -0.2) is 14.2 Å².